The van der Waals surface area contributed by atoms with E-state index in [1.54, 1.807) is 0 Å². The summed E-state index contributed by atoms with van der Waals surface area (Å²) in [5, 5.41) is 6.64. The molecule has 0 atom stereocenters. The third-order valence-electron chi connectivity index (χ3n) is 13.2. The predicted octanol–water partition coefficient (Wildman–Crippen LogP) is 14.0. The van der Waals surface area contributed by atoms with Gasteiger partial charge in [0.15, 0.2) is 17.5 Å². The minimum atomic E-state index is 0.525. The summed E-state index contributed by atoms with van der Waals surface area (Å²) in [4.78, 5) is 31.4. The molecule has 0 aliphatic heterocycles. The van der Waals surface area contributed by atoms with Crippen molar-refractivity contribution < 1.29 is 0 Å². The second kappa shape index (κ2) is 15.5. The van der Waals surface area contributed by atoms with Gasteiger partial charge >= 0.3 is 0 Å². The first-order chi connectivity index (χ1) is 34.2. The van der Waals surface area contributed by atoms with Crippen LogP contribution in [-0.2, 0) is 0 Å². The topological polar surface area (TPSA) is 92.1 Å². The van der Waals surface area contributed by atoms with E-state index in [9.17, 15) is 0 Å². The lowest BCUT2D eigenvalue weighted by molar-refractivity contribution is 0.893. The van der Waals surface area contributed by atoms with Crippen LogP contribution < -0.4 is 0 Å². The molecule has 0 spiro atoms. The van der Waals surface area contributed by atoms with Gasteiger partial charge in [-0.3, -0.25) is 13.7 Å². The second-order valence-electron chi connectivity index (χ2n) is 17.1. The molecule has 5 aromatic heterocycles. The molecule has 0 saturated heterocycles. The number of benzene rings is 9. The Morgan fingerprint density at radius 3 is 0.913 bits per heavy atom. The summed E-state index contributed by atoms with van der Waals surface area (Å²) in [7, 11) is 0. The first kappa shape index (κ1) is 38.6. The van der Waals surface area contributed by atoms with E-state index in [0.717, 1.165) is 93.2 Å². The molecular weight excluding hydrogens is 847 g/mol. The number of aromatic nitrogens is 9. The van der Waals surface area contributed by atoms with E-state index in [0.29, 0.717) is 35.3 Å². The van der Waals surface area contributed by atoms with Gasteiger partial charge in [0.1, 0.15) is 0 Å². The van der Waals surface area contributed by atoms with Gasteiger partial charge in [-0.1, -0.05) is 188 Å². The molecule has 5 heterocycles. The monoisotopic (exact) mass is 883 g/mol. The van der Waals surface area contributed by atoms with Crippen LogP contribution in [-0.4, -0.2) is 43.6 Å². The van der Waals surface area contributed by atoms with E-state index in [-0.39, 0.29) is 0 Å². The van der Waals surface area contributed by atoms with E-state index in [4.69, 9.17) is 29.9 Å². The number of nitrogens with zero attached hydrogens (tertiary/aromatic N) is 9. The Morgan fingerprint density at radius 2 is 0.507 bits per heavy atom. The van der Waals surface area contributed by atoms with Crippen LogP contribution in [0.15, 0.2) is 224 Å². The van der Waals surface area contributed by atoms with Crippen LogP contribution in [0, 0.1) is 0 Å². The molecule has 322 valence electrons. The van der Waals surface area contributed by atoms with Gasteiger partial charge in [0, 0.05) is 49.0 Å². The molecule has 0 saturated carbocycles. The van der Waals surface area contributed by atoms with E-state index < -0.39 is 0 Å². The van der Waals surface area contributed by atoms with Crippen LogP contribution in [0.5, 0.6) is 0 Å². The Kier molecular flexibility index (Phi) is 8.68. The van der Waals surface area contributed by atoms with Crippen LogP contribution in [0.2, 0.25) is 0 Å². The van der Waals surface area contributed by atoms with Gasteiger partial charge in [-0.05, 0) is 47.5 Å². The summed E-state index contributed by atoms with van der Waals surface area (Å²) in [5.41, 5.74) is 10.9. The van der Waals surface area contributed by atoms with Gasteiger partial charge in [-0.2, -0.15) is 24.9 Å². The summed E-state index contributed by atoms with van der Waals surface area (Å²) < 4.78 is 6.55. The Hall–Kier alpha value is -9.60. The first-order valence-electron chi connectivity index (χ1n) is 23.0. The van der Waals surface area contributed by atoms with Crippen LogP contribution in [0.1, 0.15) is 0 Å². The van der Waals surface area contributed by atoms with Gasteiger partial charge in [0.05, 0.1) is 33.1 Å². The van der Waals surface area contributed by atoms with Gasteiger partial charge in [0.25, 0.3) is 0 Å². The SMILES string of the molecule is c1ccc(-c2nc(-c3ccccc3)nc(-n3c4ccccc4c4c(-c5cccc6c5c5ccccc5n6-c5nc(-c6ccccc6)nc(-n6c7ccccc7c7ccccc76)n5)cccc43)n2)cc1. The zero-order valence-corrected chi connectivity index (χ0v) is 36.9. The Bertz CT molecular complexity index is 4200. The average Bonchev–Trinajstić information content (AvgIpc) is 4.07. The number of para-hydroxylation sites is 4. The first-order valence-corrected chi connectivity index (χ1v) is 23.0. The summed E-state index contributed by atoms with van der Waals surface area (Å²) in [6.45, 7) is 0. The van der Waals surface area contributed by atoms with Crippen molar-refractivity contribution in [3.8, 4) is 63.1 Å². The summed E-state index contributed by atoms with van der Waals surface area (Å²) >= 11 is 0. The standard InChI is InChI=1S/C60H37N9/c1-4-20-38(21-5-1)55-61-56(39-22-6-2-7-23-39)63-58(62-55)68-49-34-16-12-28-45(49)53-43(30-18-36-51(53)68)44-31-19-37-52-54(44)46-29-13-17-35-50(46)69(52)60-65-57(40-24-8-3-9-25-40)64-59(66-60)67-47-32-14-10-26-41(47)42-27-11-15-33-48(42)67/h1-37H. The lowest BCUT2D eigenvalue weighted by atomic mass is 9.95. The molecule has 0 unspecified atom stereocenters. The maximum atomic E-state index is 5.41. The van der Waals surface area contributed by atoms with Crippen molar-refractivity contribution in [3.63, 3.8) is 0 Å². The molecule has 9 aromatic carbocycles. The van der Waals surface area contributed by atoms with Gasteiger partial charge < -0.3 is 0 Å². The van der Waals surface area contributed by atoms with Crippen LogP contribution in [0.4, 0.5) is 0 Å². The number of rotatable bonds is 7. The maximum Gasteiger partial charge on any atom is 0.240 e. The molecule has 0 radical (unpaired) electrons. The van der Waals surface area contributed by atoms with Gasteiger partial charge in [-0.25, -0.2) is 4.98 Å². The van der Waals surface area contributed by atoms with Crippen LogP contribution in [0.3, 0.4) is 0 Å². The van der Waals surface area contributed by atoms with E-state index >= 15 is 0 Å². The molecule has 9 heteroatoms. The molecule has 0 aliphatic carbocycles. The molecule has 0 aliphatic rings. The largest absolute Gasteiger partial charge is 0.278 e. The highest BCUT2D eigenvalue weighted by atomic mass is 15.3. The minimum absolute atomic E-state index is 0.525. The predicted molar refractivity (Wildman–Crippen MR) is 278 cm³/mol. The molecule has 9 nitrogen and oxygen atoms in total. The Balaban J connectivity index is 1.03. The summed E-state index contributed by atoms with van der Waals surface area (Å²) in [6.07, 6.45) is 0. The zero-order chi connectivity index (χ0) is 45.4. The fourth-order valence-electron chi connectivity index (χ4n) is 10.2. The lowest BCUT2D eigenvalue weighted by Gasteiger charge is -2.13. The zero-order valence-electron chi connectivity index (χ0n) is 36.9. The molecular formula is C60H37N9. The van der Waals surface area contributed by atoms with Crippen LogP contribution >= 0.6 is 0 Å². The number of hydrogen-bond donors (Lipinski definition) is 0. The van der Waals surface area contributed by atoms with Crippen LogP contribution in [0.25, 0.3) is 129 Å². The summed E-state index contributed by atoms with van der Waals surface area (Å²) in [6, 6.07) is 77.5. The van der Waals surface area contributed by atoms with Crippen molar-refractivity contribution in [1.82, 2.24) is 43.6 Å². The van der Waals surface area contributed by atoms with Crippen molar-refractivity contribution in [2.45, 2.75) is 0 Å². The average molecular weight is 884 g/mol. The third kappa shape index (κ3) is 6.11. The summed E-state index contributed by atoms with van der Waals surface area (Å²) in [5.74, 6) is 3.41. The molecule has 0 amide bonds. The van der Waals surface area contributed by atoms with Crippen molar-refractivity contribution in [1.29, 1.82) is 0 Å². The van der Waals surface area contributed by atoms with E-state index in [1.165, 1.54) is 0 Å². The van der Waals surface area contributed by atoms with E-state index in [2.05, 4.69) is 159 Å². The fraction of sp³-hybridized carbons (Fsp3) is 0. The number of hydrogen-bond acceptors (Lipinski definition) is 6. The highest BCUT2D eigenvalue weighted by Crippen LogP contribution is 2.44. The molecule has 0 bridgehead atoms. The molecule has 0 N–H and O–H groups in total. The molecule has 14 aromatic rings. The molecule has 14 rings (SSSR count). The van der Waals surface area contributed by atoms with E-state index in [1.807, 2.05) is 78.9 Å². The molecule has 69 heavy (non-hydrogen) atoms. The van der Waals surface area contributed by atoms with Gasteiger partial charge in [-0.15, -0.1) is 0 Å². The fourth-order valence-corrected chi connectivity index (χ4v) is 10.2. The normalized spacial score (nSPS) is 11.8. The highest BCUT2D eigenvalue weighted by molar-refractivity contribution is 6.22. The van der Waals surface area contributed by atoms with Gasteiger partial charge in [0.2, 0.25) is 17.8 Å². The Morgan fingerprint density at radius 1 is 0.217 bits per heavy atom. The number of fused-ring (bicyclic) bond motifs is 9. The quantitative estimate of drug-likeness (QED) is 0.158. The maximum absolute atomic E-state index is 5.41. The molecule has 0 fully saturated rings. The smallest absolute Gasteiger partial charge is 0.240 e. The van der Waals surface area contributed by atoms with Crippen molar-refractivity contribution in [2.24, 2.45) is 0 Å². The third-order valence-corrected chi connectivity index (χ3v) is 13.2. The van der Waals surface area contributed by atoms with Crippen molar-refractivity contribution in [2.75, 3.05) is 0 Å². The highest BCUT2D eigenvalue weighted by Gasteiger charge is 2.25. The van der Waals surface area contributed by atoms with Crippen molar-refractivity contribution in [3.05, 3.63) is 224 Å². The Labute approximate surface area is 394 Å². The van der Waals surface area contributed by atoms with Crippen molar-refractivity contribution >= 4 is 65.4 Å². The lowest BCUT2D eigenvalue weighted by Crippen LogP contribution is -2.10. The second-order valence-corrected chi connectivity index (χ2v) is 17.1. The minimum Gasteiger partial charge on any atom is -0.278 e.